The SMILES string of the molecule is O=S1(=O)OCC(O)(S)O1. The molecule has 0 aliphatic carbocycles. The Kier molecular flexibility index (Phi) is 1.48. The van der Waals surface area contributed by atoms with Crippen LogP contribution in [0, 0.1) is 0 Å². The van der Waals surface area contributed by atoms with Gasteiger partial charge in [0.15, 0.2) is 0 Å². The topological polar surface area (TPSA) is 72.8 Å². The van der Waals surface area contributed by atoms with Crippen molar-refractivity contribution in [3.05, 3.63) is 0 Å². The second-order valence-corrected chi connectivity index (χ2v) is 3.41. The van der Waals surface area contributed by atoms with E-state index >= 15 is 0 Å². The summed E-state index contributed by atoms with van der Waals surface area (Å²) in [6, 6.07) is 0. The van der Waals surface area contributed by atoms with Crippen LogP contribution in [0.5, 0.6) is 0 Å². The number of aliphatic hydroxyl groups is 1. The van der Waals surface area contributed by atoms with Crippen LogP contribution in [0.1, 0.15) is 0 Å². The van der Waals surface area contributed by atoms with E-state index in [4.69, 9.17) is 5.11 Å². The zero-order valence-corrected chi connectivity index (χ0v) is 5.85. The molecule has 0 saturated carbocycles. The Morgan fingerprint density at radius 1 is 1.67 bits per heavy atom. The van der Waals surface area contributed by atoms with E-state index in [2.05, 4.69) is 21.0 Å². The first-order valence-electron chi connectivity index (χ1n) is 1.96. The molecule has 0 aromatic rings. The van der Waals surface area contributed by atoms with Crippen molar-refractivity contribution >= 4 is 23.0 Å². The zero-order valence-electron chi connectivity index (χ0n) is 4.14. The highest BCUT2D eigenvalue weighted by Gasteiger charge is 2.40. The van der Waals surface area contributed by atoms with E-state index in [0.29, 0.717) is 0 Å². The highest BCUT2D eigenvalue weighted by molar-refractivity contribution is 7.85. The van der Waals surface area contributed by atoms with Gasteiger partial charge < -0.3 is 5.11 Å². The molecule has 0 radical (unpaired) electrons. The van der Waals surface area contributed by atoms with Crippen molar-refractivity contribution in [1.82, 2.24) is 0 Å². The maximum atomic E-state index is 10.2. The second-order valence-electron chi connectivity index (χ2n) is 1.50. The van der Waals surface area contributed by atoms with Crippen LogP contribution in [0.3, 0.4) is 0 Å². The van der Waals surface area contributed by atoms with Gasteiger partial charge in [0, 0.05) is 0 Å². The first-order valence-corrected chi connectivity index (χ1v) is 3.74. The van der Waals surface area contributed by atoms with Gasteiger partial charge in [-0.05, 0) is 0 Å². The van der Waals surface area contributed by atoms with Crippen LogP contribution >= 0.6 is 12.6 Å². The third kappa shape index (κ3) is 1.80. The van der Waals surface area contributed by atoms with Crippen molar-refractivity contribution in [3.8, 4) is 0 Å². The van der Waals surface area contributed by atoms with Gasteiger partial charge in [-0.25, -0.2) is 8.37 Å². The molecule has 1 aliphatic rings. The first-order chi connectivity index (χ1) is 3.91. The monoisotopic (exact) mass is 172 g/mol. The third-order valence-electron chi connectivity index (χ3n) is 0.627. The van der Waals surface area contributed by atoms with Gasteiger partial charge in [-0.15, -0.1) is 12.6 Å². The van der Waals surface area contributed by atoms with E-state index in [9.17, 15) is 8.42 Å². The molecule has 0 bridgehead atoms. The lowest BCUT2D eigenvalue weighted by Crippen LogP contribution is -2.22. The van der Waals surface area contributed by atoms with Crippen LogP contribution in [-0.4, -0.2) is 25.3 Å². The van der Waals surface area contributed by atoms with Gasteiger partial charge in [0.2, 0.25) is 0 Å². The fraction of sp³-hybridized carbons (Fsp3) is 1.00. The maximum absolute atomic E-state index is 10.2. The van der Waals surface area contributed by atoms with Crippen molar-refractivity contribution < 1.29 is 21.9 Å². The Bertz CT molecular complexity index is 203. The summed E-state index contributed by atoms with van der Waals surface area (Å²) in [6.07, 6.45) is 0. The average molecular weight is 172 g/mol. The largest absolute Gasteiger partial charge is 0.403 e. The van der Waals surface area contributed by atoms with E-state index in [-0.39, 0.29) is 0 Å². The molecule has 1 heterocycles. The minimum absolute atomic E-state index is 0.474. The lowest BCUT2D eigenvalue weighted by molar-refractivity contribution is -0.0324. The Labute approximate surface area is 57.3 Å². The van der Waals surface area contributed by atoms with E-state index < -0.39 is 22.1 Å². The summed E-state index contributed by atoms with van der Waals surface area (Å²) < 4.78 is 28.3. The molecule has 1 atom stereocenters. The number of thiol groups is 1. The maximum Gasteiger partial charge on any atom is 0.403 e. The summed E-state index contributed by atoms with van der Waals surface area (Å²) in [5.74, 6) is 0. The zero-order chi connectivity index (χ0) is 7.12. The molecule has 1 N–H and O–H groups in total. The average Bonchev–Trinajstić information content (AvgIpc) is 1.78. The fourth-order valence-electron chi connectivity index (χ4n) is 0.360. The molecule has 0 aromatic heterocycles. The lowest BCUT2D eigenvalue weighted by atomic mass is 10.7. The molecule has 0 aromatic carbocycles. The molecular formula is C2H4O5S2. The van der Waals surface area contributed by atoms with Gasteiger partial charge in [0.1, 0.15) is 6.61 Å². The second kappa shape index (κ2) is 1.83. The molecule has 1 fully saturated rings. The van der Waals surface area contributed by atoms with Gasteiger partial charge >= 0.3 is 10.4 Å². The summed E-state index contributed by atoms with van der Waals surface area (Å²) in [4.78, 5) is 0. The standard InChI is InChI=1S/C2H4O5S2/c3-2(8)1-6-9(4,5)7-2/h3,8H,1H2. The summed E-state index contributed by atoms with van der Waals surface area (Å²) in [6.45, 7) is -0.474. The molecule has 0 spiro atoms. The lowest BCUT2D eigenvalue weighted by Gasteiger charge is -2.05. The molecule has 1 rings (SSSR count). The van der Waals surface area contributed by atoms with Gasteiger partial charge in [-0.3, -0.25) is 0 Å². The van der Waals surface area contributed by atoms with Crippen LogP contribution in [0.25, 0.3) is 0 Å². The highest BCUT2D eigenvalue weighted by Crippen LogP contribution is 2.24. The molecule has 5 nitrogen and oxygen atoms in total. The van der Waals surface area contributed by atoms with Crippen molar-refractivity contribution in [3.63, 3.8) is 0 Å². The van der Waals surface area contributed by atoms with Crippen LogP contribution in [-0.2, 0) is 18.8 Å². The van der Waals surface area contributed by atoms with Gasteiger partial charge in [0.25, 0.3) is 5.12 Å². The molecule has 7 heteroatoms. The third-order valence-corrected chi connectivity index (χ3v) is 1.86. The molecule has 1 aliphatic heterocycles. The normalized spacial score (nSPS) is 41.1. The molecular weight excluding hydrogens is 168 g/mol. The quantitative estimate of drug-likeness (QED) is 0.357. The van der Waals surface area contributed by atoms with E-state index in [1.807, 2.05) is 0 Å². The number of rotatable bonds is 0. The predicted octanol–water partition coefficient (Wildman–Crippen LogP) is -1.15. The Hall–Kier alpha value is 0.180. The molecule has 0 amide bonds. The van der Waals surface area contributed by atoms with Crippen molar-refractivity contribution in [2.24, 2.45) is 0 Å². The predicted molar refractivity (Wildman–Crippen MR) is 29.9 cm³/mol. The summed E-state index contributed by atoms with van der Waals surface area (Å²) in [7, 11) is -3.98. The van der Waals surface area contributed by atoms with Crippen molar-refractivity contribution in [1.29, 1.82) is 0 Å². The van der Waals surface area contributed by atoms with Gasteiger partial charge in [-0.2, -0.15) is 8.42 Å². The van der Waals surface area contributed by atoms with E-state index in [0.717, 1.165) is 0 Å². The minimum Gasteiger partial charge on any atom is -0.355 e. The van der Waals surface area contributed by atoms with Gasteiger partial charge in [-0.1, -0.05) is 0 Å². The minimum atomic E-state index is -3.98. The Balaban J connectivity index is 2.81. The molecule has 1 unspecified atom stereocenters. The van der Waals surface area contributed by atoms with E-state index in [1.54, 1.807) is 0 Å². The number of hydrogen-bond acceptors (Lipinski definition) is 6. The Morgan fingerprint density at radius 2 is 2.22 bits per heavy atom. The Morgan fingerprint density at radius 3 is 2.33 bits per heavy atom. The van der Waals surface area contributed by atoms with Crippen LogP contribution in [0.4, 0.5) is 0 Å². The van der Waals surface area contributed by atoms with Crippen LogP contribution in [0.15, 0.2) is 0 Å². The number of hydrogen-bond donors (Lipinski definition) is 2. The fourth-order valence-corrected chi connectivity index (χ4v) is 1.51. The summed E-state index contributed by atoms with van der Waals surface area (Å²) in [5, 5.41) is 6.68. The summed E-state index contributed by atoms with van der Waals surface area (Å²) in [5.41, 5.74) is 0. The molecule has 1 saturated heterocycles. The summed E-state index contributed by atoms with van der Waals surface area (Å²) >= 11 is 3.39. The highest BCUT2D eigenvalue weighted by atomic mass is 32.3. The first kappa shape index (κ1) is 7.29. The van der Waals surface area contributed by atoms with Crippen LogP contribution in [0.2, 0.25) is 0 Å². The van der Waals surface area contributed by atoms with Crippen molar-refractivity contribution in [2.75, 3.05) is 6.61 Å². The van der Waals surface area contributed by atoms with E-state index in [1.165, 1.54) is 0 Å². The smallest absolute Gasteiger partial charge is 0.355 e. The van der Waals surface area contributed by atoms with Crippen molar-refractivity contribution in [2.45, 2.75) is 5.12 Å². The molecule has 9 heavy (non-hydrogen) atoms. The van der Waals surface area contributed by atoms with Crippen LogP contribution < -0.4 is 0 Å². The molecule has 54 valence electrons. The van der Waals surface area contributed by atoms with Gasteiger partial charge in [0.05, 0.1) is 0 Å².